The minimum Gasteiger partial charge on any atom is -0.508 e. The second-order valence-corrected chi connectivity index (χ2v) is 7.93. The maximum Gasteiger partial charge on any atom is 0.123 e. The molecule has 0 bridgehead atoms. The van der Waals surface area contributed by atoms with Gasteiger partial charge < -0.3 is 40.9 Å². The topological polar surface area (TPSA) is 162 Å². The second-order valence-electron chi connectivity index (χ2n) is 7.93. The van der Waals surface area contributed by atoms with Gasteiger partial charge in [-0.1, -0.05) is 24.3 Å². The zero-order valence-electron chi connectivity index (χ0n) is 17.7. The van der Waals surface area contributed by atoms with Gasteiger partial charge in [-0.15, -0.1) is 0 Å². The number of aromatic hydroxyl groups is 8. The first-order valence-corrected chi connectivity index (χ1v) is 10.2. The summed E-state index contributed by atoms with van der Waals surface area (Å²) in [5.41, 5.74) is 0.903. The Balaban J connectivity index is 2.09. The fourth-order valence-electron chi connectivity index (χ4n) is 4.23. The van der Waals surface area contributed by atoms with Crippen molar-refractivity contribution in [3.05, 3.63) is 95.1 Å². The number of phenolic OH excluding ortho intramolecular Hbond substituents is 8. The minimum absolute atomic E-state index is 0.202. The molecule has 0 saturated carbocycles. The standard InChI is InChI=1S/C26H22O8/c27-13-1-5-17(21(31)9-13)25(18-6-2-14(28)10-22(18)32)26(19-7-3-15(29)11-23(19)33)20-8-4-16(30)12-24(20)34/h1-12,25-34H. The summed E-state index contributed by atoms with van der Waals surface area (Å²) in [5, 5.41) is 82.3. The van der Waals surface area contributed by atoms with Crippen LogP contribution in [-0.2, 0) is 0 Å². The van der Waals surface area contributed by atoms with E-state index in [0.717, 1.165) is 24.3 Å². The Kier molecular flexibility index (Phi) is 5.73. The predicted molar refractivity (Wildman–Crippen MR) is 123 cm³/mol. The van der Waals surface area contributed by atoms with Gasteiger partial charge in [0, 0.05) is 58.4 Å². The summed E-state index contributed by atoms with van der Waals surface area (Å²) in [7, 11) is 0. The van der Waals surface area contributed by atoms with Crippen molar-refractivity contribution in [2.45, 2.75) is 11.8 Å². The Bertz CT molecular complexity index is 1160. The Morgan fingerprint density at radius 1 is 0.324 bits per heavy atom. The van der Waals surface area contributed by atoms with E-state index in [1.54, 1.807) is 0 Å². The van der Waals surface area contributed by atoms with E-state index in [-0.39, 0.29) is 68.2 Å². The van der Waals surface area contributed by atoms with Gasteiger partial charge in [0.25, 0.3) is 0 Å². The summed E-state index contributed by atoms with van der Waals surface area (Å²) < 4.78 is 0. The van der Waals surface area contributed by atoms with Gasteiger partial charge >= 0.3 is 0 Å². The minimum atomic E-state index is -0.980. The number of hydrogen-bond acceptors (Lipinski definition) is 8. The average molecular weight is 462 g/mol. The van der Waals surface area contributed by atoms with Crippen LogP contribution in [0.2, 0.25) is 0 Å². The fourth-order valence-corrected chi connectivity index (χ4v) is 4.23. The Morgan fingerprint density at radius 2 is 0.529 bits per heavy atom. The van der Waals surface area contributed by atoms with Crippen LogP contribution in [0.4, 0.5) is 0 Å². The van der Waals surface area contributed by atoms with Gasteiger partial charge in [0.15, 0.2) is 0 Å². The molecule has 0 atom stereocenters. The Labute approximate surface area is 194 Å². The largest absolute Gasteiger partial charge is 0.508 e. The molecule has 0 unspecified atom stereocenters. The lowest BCUT2D eigenvalue weighted by Gasteiger charge is -2.31. The molecule has 0 aromatic heterocycles. The predicted octanol–water partition coefficient (Wildman–Crippen LogP) is 4.30. The maximum atomic E-state index is 10.7. The molecule has 4 aromatic rings. The first kappa shape index (κ1) is 22.5. The summed E-state index contributed by atoms with van der Waals surface area (Å²) >= 11 is 0. The summed E-state index contributed by atoms with van der Waals surface area (Å²) in [6.07, 6.45) is 0. The van der Waals surface area contributed by atoms with Crippen molar-refractivity contribution in [1.29, 1.82) is 0 Å². The van der Waals surface area contributed by atoms with Crippen molar-refractivity contribution in [3.63, 3.8) is 0 Å². The van der Waals surface area contributed by atoms with Crippen LogP contribution < -0.4 is 0 Å². The molecule has 4 aromatic carbocycles. The zero-order valence-corrected chi connectivity index (χ0v) is 17.7. The first-order chi connectivity index (χ1) is 16.2. The molecule has 34 heavy (non-hydrogen) atoms. The number of hydrogen-bond donors (Lipinski definition) is 8. The molecular formula is C26H22O8. The van der Waals surface area contributed by atoms with E-state index in [0.29, 0.717) is 0 Å². The molecule has 8 N–H and O–H groups in total. The second kappa shape index (κ2) is 8.67. The van der Waals surface area contributed by atoms with Gasteiger partial charge in [-0.05, 0) is 24.3 Å². The van der Waals surface area contributed by atoms with Gasteiger partial charge in [-0.2, -0.15) is 0 Å². The van der Waals surface area contributed by atoms with E-state index in [9.17, 15) is 40.9 Å². The van der Waals surface area contributed by atoms with E-state index in [4.69, 9.17) is 0 Å². The SMILES string of the molecule is Oc1ccc(C(c2ccc(O)cc2O)C(c2ccc(O)cc2O)c2ccc(O)cc2O)c(O)c1. The molecule has 8 nitrogen and oxygen atoms in total. The molecule has 0 aliphatic heterocycles. The van der Waals surface area contributed by atoms with Crippen LogP contribution in [0.5, 0.6) is 46.0 Å². The molecule has 0 heterocycles. The highest BCUT2D eigenvalue weighted by Crippen LogP contribution is 2.52. The molecule has 4 rings (SSSR count). The van der Waals surface area contributed by atoms with Gasteiger partial charge in [0.1, 0.15) is 46.0 Å². The van der Waals surface area contributed by atoms with Gasteiger partial charge in [0.05, 0.1) is 0 Å². The van der Waals surface area contributed by atoms with Crippen molar-refractivity contribution in [3.8, 4) is 46.0 Å². The zero-order chi connectivity index (χ0) is 24.6. The highest BCUT2D eigenvalue weighted by molar-refractivity contribution is 5.59. The van der Waals surface area contributed by atoms with Crippen molar-refractivity contribution in [1.82, 2.24) is 0 Å². The van der Waals surface area contributed by atoms with Gasteiger partial charge in [-0.25, -0.2) is 0 Å². The first-order valence-electron chi connectivity index (χ1n) is 10.2. The highest BCUT2D eigenvalue weighted by atomic mass is 16.3. The summed E-state index contributed by atoms with van der Waals surface area (Å²) in [5.74, 6) is -4.05. The molecule has 8 heteroatoms. The monoisotopic (exact) mass is 462 g/mol. The summed E-state index contributed by atoms with van der Waals surface area (Å²) in [4.78, 5) is 0. The van der Waals surface area contributed by atoms with Crippen LogP contribution in [-0.4, -0.2) is 40.9 Å². The van der Waals surface area contributed by atoms with E-state index < -0.39 is 11.8 Å². The summed E-state index contributed by atoms with van der Waals surface area (Å²) in [6, 6.07) is 15.5. The molecule has 0 aliphatic rings. The smallest absolute Gasteiger partial charge is 0.123 e. The average Bonchev–Trinajstić information content (AvgIpc) is 2.75. The molecular weight excluding hydrogens is 440 g/mol. The van der Waals surface area contributed by atoms with E-state index >= 15 is 0 Å². The normalized spacial score (nSPS) is 11.2. The molecule has 0 saturated heterocycles. The van der Waals surface area contributed by atoms with E-state index in [1.807, 2.05) is 0 Å². The van der Waals surface area contributed by atoms with Gasteiger partial charge in [0.2, 0.25) is 0 Å². The molecule has 174 valence electrons. The van der Waals surface area contributed by atoms with Crippen LogP contribution >= 0.6 is 0 Å². The molecule has 0 fully saturated rings. The van der Waals surface area contributed by atoms with Crippen LogP contribution in [0.25, 0.3) is 0 Å². The highest BCUT2D eigenvalue weighted by Gasteiger charge is 2.35. The Morgan fingerprint density at radius 3 is 0.706 bits per heavy atom. The molecule has 0 radical (unpaired) electrons. The molecule has 0 spiro atoms. The van der Waals surface area contributed by atoms with Crippen molar-refractivity contribution < 1.29 is 40.9 Å². The van der Waals surface area contributed by atoms with Crippen LogP contribution in [0, 0.1) is 0 Å². The van der Waals surface area contributed by atoms with E-state index in [1.165, 1.54) is 48.5 Å². The van der Waals surface area contributed by atoms with Crippen LogP contribution in [0.15, 0.2) is 72.8 Å². The molecule has 0 aliphatic carbocycles. The lowest BCUT2D eigenvalue weighted by Crippen LogP contribution is -2.15. The van der Waals surface area contributed by atoms with Crippen molar-refractivity contribution in [2.75, 3.05) is 0 Å². The number of benzene rings is 4. The fraction of sp³-hybridized carbons (Fsp3) is 0.0769. The third kappa shape index (κ3) is 4.16. The van der Waals surface area contributed by atoms with Gasteiger partial charge in [-0.3, -0.25) is 0 Å². The number of phenols is 8. The van der Waals surface area contributed by atoms with Crippen LogP contribution in [0.1, 0.15) is 34.1 Å². The van der Waals surface area contributed by atoms with Crippen LogP contribution in [0.3, 0.4) is 0 Å². The van der Waals surface area contributed by atoms with Crippen molar-refractivity contribution >= 4 is 0 Å². The number of rotatable bonds is 5. The lowest BCUT2D eigenvalue weighted by atomic mass is 9.72. The Hall–Kier alpha value is -4.72. The maximum absolute atomic E-state index is 10.7. The van der Waals surface area contributed by atoms with Crippen molar-refractivity contribution in [2.24, 2.45) is 0 Å². The summed E-state index contributed by atoms with van der Waals surface area (Å²) in [6.45, 7) is 0. The van der Waals surface area contributed by atoms with E-state index in [2.05, 4.69) is 0 Å². The molecule has 0 amide bonds. The quantitative estimate of drug-likeness (QED) is 0.218. The third-order valence-corrected chi connectivity index (χ3v) is 5.73. The lowest BCUT2D eigenvalue weighted by molar-refractivity contribution is 0.418. The third-order valence-electron chi connectivity index (χ3n) is 5.73.